The van der Waals surface area contributed by atoms with Gasteiger partial charge in [0.15, 0.2) is 0 Å². The lowest BCUT2D eigenvalue weighted by Gasteiger charge is -2.34. The summed E-state index contributed by atoms with van der Waals surface area (Å²) >= 11 is 6.24. The number of amides is 2. The number of urea groups is 1. The molecule has 2 aromatic carbocycles. The predicted molar refractivity (Wildman–Crippen MR) is 123 cm³/mol. The zero-order valence-corrected chi connectivity index (χ0v) is 18.8. The van der Waals surface area contributed by atoms with Gasteiger partial charge in [-0.2, -0.15) is 0 Å². The summed E-state index contributed by atoms with van der Waals surface area (Å²) in [5.74, 6) is 0.684. The number of nitrogens with one attached hydrogen (secondary N) is 1. The number of aryl methyl sites for hydroxylation is 1. The average molecular weight is 468 g/mol. The highest BCUT2D eigenvalue weighted by Gasteiger charge is 2.48. The summed E-state index contributed by atoms with van der Waals surface area (Å²) in [5.41, 5.74) is 2.05. The van der Waals surface area contributed by atoms with Crippen molar-refractivity contribution in [3.63, 3.8) is 0 Å². The maximum Gasteiger partial charge on any atom is 0.322 e. The lowest BCUT2D eigenvalue weighted by Crippen LogP contribution is -2.38. The van der Waals surface area contributed by atoms with Gasteiger partial charge in [0, 0.05) is 35.7 Å². The molecule has 1 N–H and O–H groups in total. The molecule has 33 heavy (non-hydrogen) atoms. The number of carbonyl (C=O) groups is 1. The number of nitrogens with zero attached hydrogens (tertiary/aromatic N) is 2. The monoisotopic (exact) mass is 467 g/mol. The van der Waals surface area contributed by atoms with Gasteiger partial charge < -0.3 is 19.7 Å². The van der Waals surface area contributed by atoms with Gasteiger partial charge in [-0.15, -0.1) is 0 Å². The predicted octanol–water partition coefficient (Wildman–Crippen LogP) is 5.48. The van der Waals surface area contributed by atoms with E-state index in [2.05, 4.69) is 10.3 Å². The highest BCUT2D eigenvalue weighted by molar-refractivity contribution is 6.33. The molecule has 0 saturated carbocycles. The Labute approximate surface area is 196 Å². The number of hydrogen-bond donors (Lipinski definition) is 1. The van der Waals surface area contributed by atoms with Crippen LogP contribution in [0.2, 0.25) is 5.02 Å². The first-order valence-corrected chi connectivity index (χ1v) is 11.2. The van der Waals surface area contributed by atoms with Crippen molar-refractivity contribution in [3.05, 3.63) is 82.8 Å². The molecule has 5 rings (SSSR count). The molecule has 0 unspecified atom stereocenters. The van der Waals surface area contributed by atoms with E-state index in [1.807, 2.05) is 25.1 Å². The Morgan fingerprint density at radius 3 is 2.91 bits per heavy atom. The Bertz CT molecular complexity index is 1190. The van der Waals surface area contributed by atoms with Crippen LogP contribution in [0.15, 0.2) is 60.7 Å². The molecule has 3 aromatic rings. The zero-order chi connectivity index (χ0) is 22.9. The molecular weight excluding hydrogens is 445 g/mol. The third kappa shape index (κ3) is 4.33. The van der Waals surface area contributed by atoms with Gasteiger partial charge in [0.1, 0.15) is 11.6 Å². The molecule has 6 nitrogen and oxygen atoms in total. The van der Waals surface area contributed by atoms with E-state index in [4.69, 9.17) is 21.1 Å². The van der Waals surface area contributed by atoms with Crippen LogP contribution in [0.1, 0.15) is 17.3 Å². The maximum atomic E-state index is 14.2. The normalized spacial score (nSPS) is 21.1. The van der Waals surface area contributed by atoms with Gasteiger partial charge in [0.25, 0.3) is 0 Å². The second kappa shape index (κ2) is 8.90. The lowest BCUT2D eigenvalue weighted by atomic mass is 9.85. The van der Waals surface area contributed by atoms with E-state index in [1.165, 1.54) is 12.1 Å². The summed E-state index contributed by atoms with van der Waals surface area (Å²) in [7, 11) is 0. The number of aromatic nitrogens is 1. The average Bonchev–Trinajstić information content (AvgIpc) is 3.18. The number of pyridine rings is 1. The quantitative estimate of drug-likeness (QED) is 0.552. The minimum Gasteiger partial charge on any atom is -0.493 e. The van der Waals surface area contributed by atoms with E-state index < -0.39 is 0 Å². The second-order valence-corrected chi connectivity index (χ2v) is 8.76. The van der Waals surface area contributed by atoms with Crippen molar-refractivity contribution in [1.29, 1.82) is 0 Å². The van der Waals surface area contributed by atoms with E-state index in [0.29, 0.717) is 47.7 Å². The molecule has 1 saturated heterocycles. The topological polar surface area (TPSA) is 63.7 Å². The van der Waals surface area contributed by atoms with Gasteiger partial charge in [0.2, 0.25) is 5.88 Å². The van der Waals surface area contributed by atoms with Gasteiger partial charge >= 0.3 is 6.03 Å². The highest BCUT2D eigenvalue weighted by atomic mass is 35.5. The zero-order valence-electron chi connectivity index (χ0n) is 18.0. The summed E-state index contributed by atoms with van der Waals surface area (Å²) in [6.07, 6.45) is 0. The van der Waals surface area contributed by atoms with Crippen LogP contribution >= 0.6 is 11.6 Å². The molecule has 170 valence electrons. The SMILES string of the molecule is Cc1cccc(OC[C@@H]2CN(C(=O)Nc3ccccc3Cl)[C@H]3c4cc(F)ccc4OC[C@@H]23)n1. The van der Waals surface area contributed by atoms with Crippen molar-refractivity contribution < 1.29 is 18.7 Å². The van der Waals surface area contributed by atoms with Crippen LogP contribution in [-0.2, 0) is 0 Å². The van der Waals surface area contributed by atoms with E-state index >= 15 is 0 Å². The number of benzene rings is 2. The van der Waals surface area contributed by atoms with Crippen LogP contribution in [0.4, 0.5) is 14.9 Å². The van der Waals surface area contributed by atoms with Crippen LogP contribution in [-0.4, -0.2) is 35.7 Å². The second-order valence-electron chi connectivity index (χ2n) is 8.35. The third-order valence-electron chi connectivity index (χ3n) is 6.18. The smallest absolute Gasteiger partial charge is 0.322 e. The first-order chi connectivity index (χ1) is 16.0. The number of anilines is 1. The number of carbonyl (C=O) groups excluding carboxylic acids is 1. The number of likely N-dealkylation sites (tertiary alicyclic amines) is 1. The fraction of sp³-hybridized carbons (Fsp3) is 0.280. The minimum absolute atomic E-state index is 0.0225. The molecule has 2 amide bonds. The maximum absolute atomic E-state index is 14.2. The van der Waals surface area contributed by atoms with Crippen LogP contribution in [0.25, 0.3) is 0 Å². The van der Waals surface area contributed by atoms with E-state index in [9.17, 15) is 9.18 Å². The highest BCUT2D eigenvalue weighted by Crippen LogP contribution is 2.48. The molecule has 0 spiro atoms. The van der Waals surface area contributed by atoms with Crippen molar-refractivity contribution >= 4 is 23.3 Å². The number of rotatable bonds is 4. The number of para-hydroxylation sites is 1. The van der Waals surface area contributed by atoms with E-state index in [-0.39, 0.29) is 29.7 Å². The largest absolute Gasteiger partial charge is 0.493 e. The summed E-state index contributed by atoms with van der Waals surface area (Å²) < 4.78 is 26.1. The Hall–Kier alpha value is -3.32. The van der Waals surface area contributed by atoms with Crippen LogP contribution in [0.3, 0.4) is 0 Å². The molecule has 1 fully saturated rings. The first kappa shape index (κ1) is 21.5. The van der Waals surface area contributed by atoms with E-state index in [0.717, 1.165) is 5.69 Å². The molecule has 0 bridgehead atoms. The lowest BCUT2D eigenvalue weighted by molar-refractivity contribution is 0.128. The molecule has 8 heteroatoms. The molecule has 3 atom stereocenters. The Kier molecular flexibility index (Phi) is 5.81. The van der Waals surface area contributed by atoms with Gasteiger partial charge in [0.05, 0.1) is 30.0 Å². The summed E-state index contributed by atoms with van der Waals surface area (Å²) in [6.45, 7) is 3.10. The van der Waals surface area contributed by atoms with Crippen molar-refractivity contribution in [3.8, 4) is 11.6 Å². The Balaban J connectivity index is 1.42. The van der Waals surface area contributed by atoms with Crippen molar-refractivity contribution in [2.24, 2.45) is 11.8 Å². The van der Waals surface area contributed by atoms with Crippen molar-refractivity contribution in [2.75, 3.05) is 25.1 Å². The molecule has 2 aliphatic heterocycles. The Morgan fingerprint density at radius 2 is 2.09 bits per heavy atom. The van der Waals surface area contributed by atoms with Crippen LogP contribution in [0, 0.1) is 24.6 Å². The number of fused-ring (bicyclic) bond motifs is 3. The number of hydrogen-bond acceptors (Lipinski definition) is 4. The van der Waals surface area contributed by atoms with Crippen LogP contribution in [0.5, 0.6) is 11.6 Å². The standard InChI is InChI=1S/C25H23ClFN3O3/c1-15-5-4-8-23(28-15)33-13-16-12-30(25(31)29-21-7-3-2-6-20(21)26)24-18-11-17(27)9-10-22(18)32-14-19(16)24/h2-11,16,19,24H,12-14H2,1H3,(H,29,31)/t16-,19-,24-/m0/s1. The first-order valence-electron chi connectivity index (χ1n) is 10.8. The summed E-state index contributed by atoms with van der Waals surface area (Å²) in [4.78, 5) is 19.5. The van der Waals surface area contributed by atoms with Gasteiger partial charge in [-0.3, -0.25) is 0 Å². The third-order valence-corrected chi connectivity index (χ3v) is 6.51. The molecule has 0 radical (unpaired) electrons. The number of halogens is 2. The number of ether oxygens (including phenoxy) is 2. The van der Waals surface area contributed by atoms with Crippen molar-refractivity contribution in [2.45, 2.75) is 13.0 Å². The van der Waals surface area contributed by atoms with Gasteiger partial charge in [-0.25, -0.2) is 14.2 Å². The molecular formula is C25H23ClFN3O3. The van der Waals surface area contributed by atoms with Crippen molar-refractivity contribution in [1.82, 2.24) is 9.88 Å². The summed E-state index contributed by atoms with van der Waals surface area (Å²) in [6, 6.07) is 16.5. The molecule has 0 aliphatic carbocycles. The molecule has 3 heterocycles. The fourth-order valence-corrected chi connectivity index (χ4v) is 4.79. The Morgan fingerprint density at radius 1 is 1.24 bits per heavy atom. The van der Waals surface area contributed by atoms with Gasteiger partial charge in [-0.1, -0.05) is 29.8 Å². The molecule has 2 aliphatic rings. The fourth-order valence-electron chi connectivity index (χ4n) is 4.61. The summed E-state index contributed by atoms with van der Waals surface area (Å²) in [5, 5.41) is 3.35. The molecule has 1 aromatic heterocycles. The van der Waals surface area contributed by atoms with E-state index in [1.54, 1.807) is 35.2 Å². The van der Waals surface area contributed by atoms with Crippen LogP contribution < -0.4 is 14.8 Å². The van der Waals surface area contributed by atoms with Gasteiger partial charge in [-0.05, 0) is 43.3 Å². The minimum atomic E-state index is -0.367.